The number of benzene rings is 1. The summed E-state index contributed by atoms with van der Waals surface area (Å²) in [5, 5.41) is 25.3. The van der Waals surface area contributed by atoms with E-state index < -0.39 is 11.9 Å². The number of nitrogens with one attached hydrogen (secondary N) is 1. The summed E-state index contributed by atoms with van der Waals surface area (Å²) < 4.78 is 0. The Balaban J connectivity index is 0.000000427. The second kappa shape index (κ2) is 12.3. The number of carbonyl (C=O) groups excluding carboxylic acids is 1. The Kier molecular flexibility index (Phi) is 9.22. The Morgan fingerprint density at radius 3 is 1.97 bits per heavy atom. The molecule has 7 heteroatoms. The van der Waals surface area contributed by atoms with Crippen molar-refractivity contribution >= 4 is 40.2 Å². The molecule has 0 amide bonds. The van der Waals surface area contributed by atoms with E-state index in [4.69, 9.17) is 19.8 Å². The first kappa shape index (κ1) is 23.9. The lowest BCUT2D eigenvalue weighted by molar-refractivity contribution is -0.903. The van der Waals surface area contributed by atoms with Gasteiger partial charge in [-0.3, -0.25) is 0 Å². The van der Waals surface area contributed by atoms with Gasteiger partial charge < -0.3 is 19.9 Å². The molecule has 2 N–H and O–H groups in total. The van der Waals surface area contributed by atoms with Gasteiger partial charge in [0.25, 0.3) is 0 Å². The Morgan fingerprint density at radius 2 is 1.50 bits per heavy atom. The molecule has 0 unspecified atom stereocenters. The van der Waals surface area contributed by atoms with Gasteiger partial charge in [-0.05, 0) is 62.3 Å². The van der Waals surface area contributed by atoms with Gasteiger partial charge in [0.1, 0.15) is 0 Å². The number of carbonyl (C=O) groups is 2. The first-order valence-electron chi connectivity index (χ1n) is 10.6. The molecule has 1 fully saturated rings. The lowest BCUT2D eigenvalue weighted by atomic mass is 9.91. The van der Waals surface area contributed by atoms with Gasteiger partial charge in [-0.1, -0.05) is 35.9 Å². The summed E-state index contributed by atoms with van der Waals surface area (Å²) in [6.07, 6.45) is 4.98. The molecule has 5 nitrogen and oxygen atoms in total. The van der Waals surface area contributed by atoms with Crippen LogP contribution in [0.15, 0.2) is 69.6 Å². The predicted octanol–water partition coefficient (Wildman–Crippen LogP) is 2.74. The van der Waals surface area contributed by atoms with Gasteiger partial charge in [0.2, 0.25) is 0 Å². The van der Waals surface area contributed by atoms with Crippen molar-refractivity contribution in [2.45, 2.75) is 25.7 Å². The van der Waals surface area contributed by atoms with E-state index >= 15 is 0 Å². The van der Waals surface area contributed by atoms with E-state index in [1.807, 2.05) is 0 Å². The highest BCUT2D eigenvalue weighted by atomic mass is 32.1. The van der Waals surface area contributed by atoms with Gasteiger partial charge in [0, 0.05) is 19.3 Å². The highest BCUT2D eigenvalue weighted by Gasteiger charge is 2.21. The first-order valence-corrected chi connectivity index (χ1v) is 12.5. The summed E-state index contributed by atoms with van der Waals surface area (Å²) in [7, 11) is 0. The fourth-order valence-corrected chi connectivity index (χ4v) is 5.27. The summed E-state index contributed by atoms with van der Waals surface area (Å²) >= 11 is 3.61. The number of quaternary nitrogens is 1. The minimum Gasteiger partial charge on any atom is -0.539 e. The monoisotopic (exact) mass is 469 g/mol. The number of rotatable bonds is 6. The van der Waals surface area contributed by atoms with Crippen molar-refractivity contribution in [2.24, 2.45) is 0 Å². The largest absolute Gasteiger partial charge is 0.539 e. The third-order valence-electron chi connectivity index (χ3n) is 5.55. The van der Waals surface area contributed by atoms with Gasteiger partial charge in [-0.15, -0.1) is 0 Å². The van der Waals surface area contributed by atoms with Crippen LogP contribution in [0.4, 0.5) is 0 Å². The van der Waals surface area contributed by atoms with Crippen molar-refractivity contribution in [3.8, 4) is 0 Å². The fraction of sp³-hybridized carbons (Fsp3) is 0.280. The van der Waals surface area contributed by atoms with Gasteiger partial charge in [-0.25, -0.2) is 4.79 Å². The van der Waals surface area contributed by atoms with Crippen LogP contribution >= 0.6 is 22.7 Å². The summed E-state index contributed by atoms with van der Waals surface area (Å²) in [5.41, 5.74) is 7.47. The maximum Gasteiger partial charge on any atom is 0.351 e. The lowest BCUT2D eigenvalue weighted by Gasteiger charge is -2.27. The van der Waals surface area contributed by atoms with Crippen LogP contribution in [0.3, 0.4) is 0 Å². The smallest absolute Gasteiger partial charge is 0.351 e. The topological polar surface area (TPSA) is 81.9 Å². The van der Waals surface area contributed by atoms with Gasteiger partial charge in [-0.2, -0.15) is 22.7 Å². The van der Waals surface area contributed by atoms with E-state index in [1.54, 1.807) is 33.1 Å². The summed E-state index contributed by atoms with van der Waals surface area (Å²) in [6, 6.07) is 15.5. The molecule has 3 heterocycles. The molecule has 0 saturated carbocycles. The summed E-state index contributed by atoms with van der Waals surface area (Å²) in [4.78, 5) is 19.8. The molecule has 1 saturated heterocycles. The molecule has 0 aliphatic carbocycles. The number of piperidine rings is 1. The molecular weight excluding hydrogens is 442 g/mol. The van der Waals surface area contributed by atoms with Crippen molar-refractivity contribution in [1.82, 2.24) is 0 Å². The van der Waals surface area contributed by atoms with E-state index in [0.717, 1.165) is 0 Å². The Bertz CT molecular complexity index is 953. The molecule has 0 bridgehead atoms. The molecule has 168 valence electrons. The molecule has 1 aliphatic heterocycles. The number of likely N-dealkylation sites (tertiary alicyclic amines) is 1. The summed E-state index contributed by atoms with van der Waals surface area (Å²) in [6.45, 7) is 3.86. The van der Waals surface area contributed by atoms with Crippen molar-refractivity contribution in [1.29, 1.82) is 0 Å². The van der Waals surface area contributed by atoms with Crippen LogP contribution < -0.4 is 10.0 Å². The van der Waals surface area contributed by atoms with Crippen LogP contribution in [0.5, 0.6) is 0 Å². The molecule has 4 rings (SSSR count). The predicted molar refractivity (Wildman–Crippen MR) is 127 cm³/mol. The van der Waals surface area contributed by atoms with Gasteiger partial charge >= 0.3 is 5.97 Å². The van der Waals surface area contributed by atoms with E-state index in [9.17, 15) is 0 Å². The van der Waals surface area contributed by atoms with Crippen LogP contribution in [-0.4, -0.2) is 36.7 Å². The molecule has 3 aromatic rings. The number of thiophene rings is 2. The number of aryl methyl sites for hydroxylation is 1. The molecule has 1 aromatic carbocycles. The lowest BCUT2D eigenvalue weighted by Crippen LogP contribution is -3.12. The molecule has 0 atom stereocenters. The second-order valence-corrected chi connectivity index (χ2v) is 9.24. The maximum absolute atomic E-state index is 9.04. The van der Waals surface area contributed by atoms with Crippen molar-refractivity contribution < 1.29 is 24.7 Å². The average Bonchev–Trinajstić information content (AvgIpc) is 3.51. The fourth-order valence-electron chi connectivity index (χ4n) is 3.98. The minimum atomic E-state index is -2.07. The van der Waals surface area contributed by atoms with Gasteiger partial charge in [0.05, 0.1) is 19.6 Å². The highest BCUT2D eigenvalue weighted by Crippen LogP contribution is 2.32. The maximum atomic E-state index is 9.04. The van der Waals surface area contributed by atoms with Crippen LogP contribution in [-0.2, 0) is 16.0 Å². The highest BCUT2D eigenvalue weighted by molar-refractivity contribution is 7.08. The number of hydrogen-bond acceptors (Lipinski definition) is 5. The normalized spacial score (nSPS) is 15.5. The van der Waals surface area contributed by atoms with Crippen LogP contribution in [0.2, 0.25) is 0 Å². The molecule has 2 aromatic heterocycles. The SMILES string of the molecule is O=C([O-])C(=O)O.c1ccc(CCC[NH+]2CCC(=C(c3ccsc3)c3ccsc3)CC2)cc1. The number of aliphatic carboxylic acids is 2. The van der Waals surface area contributed by atoms with Crippen LogP contribution in [0, 0.1) is 0 Å². The quantitative estimate of drug-likeness (QED) is 0.544. The Hall–Kier alpha value is -2.74. The zero-order valence-electron chi connectivity index (χ0n) is 17.8. The summed E-state index contributed by atoms with van der Waals surface area (Å²) in [5.74, 6) is -4.01. The van der Waals surface area contributed by atoms with Crippen LogP contribution in [0.25, 0.3) is 5.57 Å². The first-order chi connectivity index (χ1) is 15.5. The third-order valence-corrected chi connectivity index (χ3v) is 6.91. The molecular formula is C25H27NO4S2. The van der Waals surface area contributed by atoms with E-state index in [0.29, 0.717) is 0 Å². The van der Waals surface area contributed by atoms with Crippen LogP contribution in [0.1, 0.15) is 36.0 Å². The standard InChI is InChI=1S/C23H25NS2.C2H2O4/c1-2-5-19(6-3-1)7-4-12-24-13-8-20(9-14-24)23(21-10-15-25-17-21)22-11-16-26-18-22;3-1(4)2(5)6/h1-3,5-6,10-11,15-18H,4,7-9,12-14H2;(H,3,4)(H,5,6). The molecule has 1 aliphatic rings. The second-order valence-electron chi connectivity index (χ2n) is 7.68. The average molecular weight is 470 g/mol. The zero-order chi connectivity index (χ0) is 22.8. The van der Waals surface area contributed by atoms with Crippen molar-refractivity contribution in [3.05, 3.63) is 86.2 Å². The van der Waals surface area contributed by atoms with E-state index in [-0.39, 0.29) is 0 Å². The number of hydrogen-bond donors (Lipinski definition) is 2. The van der Waals surface area contributed by atoms with Gasteiger partial charge in [0.15, 0.2) is 5.97 Å². The van der Waals surface area contributed by atoms with E-state index in [1.165, 1.54) is 67.6 Å². The minimum absolute atomic E-state index is 1.21. The van der Waals surface area contributed by atoms with Crippen molar-refractivity contribution in [3.63, 3.8) is 0 Å². The molecule has 0 radical (unpaired) electrons. The number of carboxylic acid groups (broad SMARTS) is 2. The zero-order valence-corrected chi connectivity index (χ0v) is 19.4. The van der Waals surface area contributed by atoms with Crippen molar-refractivity contribution in [2.75, 3.05) is 19.6 Å². The number of carboxylic acids is 2. The Morgan fingerprint density at radius 1 is 0.938 bits per heavy atom. The Labute approximate surface area is 196 Å². The molecule has 32 heavy (non-hydrogen) atoms. The molecule has 0 spiro atoms. The van der Waals surface area contributed by atoms with E-state index in [2.05, 4.69) is 64.0 Å². The third kappa shape index (κ3) is 7.15.